The summed E-state index contributed by atoms with van der Waals surface area (Å²) in [7, 11) is -9.21. The molecule has 2 aromatic rings. The van der Waals surface area contributed by atoms with Crippen molar-refractivity contribution < 1.29 is 179 Å². The van der Waals surface area contributed by atoms with Crippen molar-refractivity contribution in [3.63, 3.8) is 0 Å². The molecule has 2 rings (SSSR count). The average molecular weight is 736 g/mol. The monoisotopic (exact) mass is 736 g/mol. The van der Waals surface area contributed by atoms with Gasteiger partial charge in [0.05, 0.1) is 0 Å². The maximum Gasteiger partial charge on any atom is 6.00 e. The minimum Gasteiger partial charge on any atom is -1.00 e. The fourth-order valence-electron chi connectivity index (χ4n) is 2.89. The fourth-order valence-corrected chi connectivity index (χ4v) is 3.68. The summed E-state index contributed by atoms with van der Waals surface area (Å²) < 4.78 is 31.0. The number of hydrogen-bond acceptors (Lipinski definition) is 10. The van der Waals surface area contributed by atoms with Crippen LogP contribution in [0.5, 0.6) is 11.5 Å². The summed E-state index contributed by atoms with van der Waals surface area (Å²) in [6.07, 6.45) is 1.42. The van der Waals surface area contributed by atoms with Gasteiger partial charge < -0.3 is 85.8 Å². The maximum absolute atomic E-state index is 10.9. The summed E-state index contributed by atoms with van der Waals surface area (Å²) in [5.74, 6) is 0.147. The van der Waals surface area contributed by atoms with E-state index in [9.17, 15) is 9.13 Å². The molecule has 0 aliphatic carbocycles. The van der Waals surface area contributed by atoms with Gasteiger partial charge in [-0.25, -0.2) is 9.13 Å². The van der Waals surface area contributed by atoms with Gasteiger partial charge >= 0.3 is 151 Å². The maximum atomic E-state index is 10.9. The Labute approximate surface area is 369 Å². The Morgan fingerprint density at radius 2 is 0.733 bits per heavy atom. The molecule has 0 bridgehead atoms. The van der Waals surface area contributed by atoms with Crippen molar-refractivity contribution >= 4 is 26.8 Å². The second kappa shape index (κ2) is 45.7. The fraction of sp³-hybridized carbons (Fsp3) is 0.167. The van der Waals surface area contributed by atoms with Crippen LogP contribution in [0.2, 0.25) is 0 Å². The topological polar surface area (TPSA) is 276 Å². The molecule has 0 unspecified atom stereocenters. The van der Waals surface area contributed by atoms with Gasteiger partial charge in [0.15, 0.2) is 0 Å². The van der Waals surface area contributed by atoms with Crippen molar-refractivity contribution in [2.45, 2.75) is 26.7 Å². The molecule has 0 atom stereocenters. The molecular formula is C24H26FeN6Na4O8P2. The van der Waals surface area contributed by atoms with E-state index in [1.807, 2.05) is 13.8 Å². The van der Waals surface area contributed by atoms with Crippen molar-refractivity contribution in [3.8, 4) is 11.5 Å². The number of nitrogens with zero attached hydrogens (tertiary/aromatic N) is 6. The molecular weight excluding hydrogens is 710 g/mol. The van der Waals surface area contributed by atoms with Crippen LogP contribution in [0.4, 0.5) is 0 Å². The molecule has 0 saturated heterocycles. The molecule has 222 valence electrons. The second-order valence-electron chi connectivity index (χ2n) is 5.88. The number of hydrogen-bond donors (Lipinski definition) is 4. The van der Waals surface area contributed by atoms with E-state index in [2.05, 4.69) is 9.05 Å². The number of phosphoric ester groups is 2. The van der Waals surface area contributed by atoms with Gasteiger partial charge in [-0.05, 0) is 59.4 Å². The molecule has 45 heavy (non-hydrogen) atoms. The first kappa shape index (κ1) is 70.8. The van der Waals surface area contributed by atoms with Gasteiger partial charge in [-0.3, -0.25) is 19.6 Å². The molecule has 0 spiro atoms. The van der Waals surface area contributed by atoms with E-state index in [4.69, 9.17) is 90.6 Å². The van der Waals surface area contributed by atoms with Gasteiger partial charge in [0.2, 0.25) is 0 Å². The van der Waals surface area contributed by atoms with Crippen molar-refractivity contribution in [3.05, 3.63) is 99.1 Å². The van der Waals surface area contributed by atoms with Crippen molar-refractivity contribution in [1.29, 1.82) is 31.6 Å². The molecule has 0 amide bonds. The zero-order chi connectivity index (χ0) is 32.9. The standard InChI is InChI=1S/C18H22O8P2.6CN.Fe.4Na.4H/c1-3-17(13-5-9-15(10-6-13)25-27(19,20)21)18(4-2)14-7-11-16(12-8-14)26-28(22,23)24;6*1-2;;;;;;;;;/h5-12H,3-4H2,1-2H3,(H2,19,20,21)(H2,22,23,24);;;;;;;;;;;;;;;/q;6*-1;+6;4*+1;4*-1/b18-17+;;;;;;;;;;;;;;;. The molecule has 0 aliphatic heterocycles. The van der Waals surface area contributed by atoms with E-state index in [-0.39, 0.29) is 153 Å². The summed E-state index contributed by atoms with van der Waals surface area (Å²) in [5, 5.41) is 37.5. The first-order chi connectivity index (χ1) is 19.0. The Hall–Kier alpha value is -0.461. The smallest absolute Gasteiger partial charge is 1.00 e. The first-order valence-electron chi connectivity index (χ1n) is 9.79. The zero-order valence-corrected chi connectivity index (χ0v) is 36.3. The summed E-state index contributed by atoms with van der Waals surface area (Å²) in [6, 6.07) is 12.9. The summed E-state index contributed by atoms with van der Waals surface area (Å²) in [5.41, 5.74) is 3.84. The number of allylic oxidation sites excluding steroid dienone is 2. The Bertz CT molecular complexity index is 1130. The Morgan fingerprint density at radius 3 is 0.867 bits per heavy atom. The van der Waals surface area contributed by atoms with Crippen molar-refractivity contribution in [1.82, 2.24) is 0 Å². The second-order valence-corrected chi connectivity index (χ2v) is 8.20. The van der Waals surface area contributed by atoms with Crippen LogP contribution in [-0.2, 0) is 26.2 Å². The predicted octanol–water partition coefficient (Wildman–Crippen LogP) is -6.60. The van der Waals surface area contributed by atoms with Gasteiger partial charge in [-0.2, -0.15) is 0 Å². The van der Waals surface area contributed by atoms with E-state index in [0.717, 1.165) is 22.3 Å². The third-order valence-electron chi connectivity index (χ3n) is 3.93. The van der Waals surface area contributed by atoms with Gasteiger partial charge in [0, 0.05) is 0 Å². The van der Waals surface area contributed by atoms with Crippen LogP contribution in [0.3, 0.4) is 0 Å². The molecule has 0 aliphatic rings. The van der Waals surface area contributed by atoms with Crippen molar-refractivity contribution in [2.24, 2.45) is 0 Å². The van der Waals surface area contributed by atoms with Gasteiger partial charge in [0.1, 0.15) is 11.5 Å². The Kier molecular flexibility index (Phi) is 71.8. The normalized spacial score (nSPS) is 8.40. The quantitative estimate of drug-likeness (QED) is 0.0850. The van der Waals surface area contributed by atoms with Crippen molar-refractivity contribution in [2.75, 3.05) is 0 Å². The third-order valence-corrected chi connectivity index (χ3v) is 4.82. The molecule has 14 nitrogen and oxygen atoms in total. The Balaban J connectivity index is -0.0000000440. The van der Waals surface area contributed by atoms with E-state index >= 15 is 0 Å². The molecule has 0 fully saturated rings. The summed E-state index contributed by atoms with van der Waals surface area (Å²) in [4.78, 5) is 35.5. The third kappa shape index (κ3) is 36.2. The van der Waals surface area contributed by atoms with Gasteiger partial charge in [-0.15, -0.1) is 0 Å². The SMILES string of the molecule is CC/C(=C(/CC)c1ccc(OP(=O)(O)O)cc1)c1ccc(OP(=O)(O)O)cc1.[C-]#N.[C-]#N.[C-]#N.[C-]#N.[C-]#N.[C-]#N.[Fe+6].[H-].[H-].[H-].[H-].[Na+].[Na+].[Na+].[Na+]. The molecule has 0 aromatic heterocycles. The number of rotatable bonds is 8. The Morgan fingerprint density at radius 1 is 0.556 bits per heavy atom. The number of phosphoric acid groups is 2. The predicted molar refractivity (Wildman–Crippen MR) is 140 cm³/mol. The molecule has 2 aromatic carbocycles. The van der Waals surface area contributed by atoms with Crippen LogP contribution in [0.1, 0.15) is 43.5 Å². The van der Waals surface area contributed by atoms with Crippen LogP contribution < -0.4 is 127 Å². The van der Waals surface area contributed by atoms with Crippen LogP contribution in [0.25, 0.3) is 11.1 Å². The minimum atomic E-state index is -4.61. The van der Waals surface area contributed by atoms with E-state index in [0.29, 0.717) is 12.8 Å². The summed E-state index contributed by atoms with van der Waals surface area (Å²) >= 11 is 0. The summed E-state index contributed by atoms with van der Waals surface area (Å²) in [6.45, 7) is 32.5. The van der Waals surface area contributed by atoms with Crippen LogP contribution in [0.15, 0.2) is 48.5 Å². The van der Waals surface area contributed by atoms with Crippen LogP contribution in [-0.4, -0.2) is 19.6 Å². The van der Waals surface area contributed by atoms with Crippen LogP contribution in [0, 0.1) is 71.0 Å². The van der Waals surface area contributed by atoms with Crippen LogP contribution >= 0.6 is 15.6 Å². The number of benzene rings is 2. The average Bonchev–Trinajstić information content (AvgIpc) is 2.97. The first-order valence-corrected chi connectivity index (χ1v) is 12.9. The molecule has 21 heteroatoms. The van der Waals surface area contributed by atoms with Gasteiger partial charge in [-0.1, -0.05) is 38.1 Å². The molecule has 4 N–H and O–H groups in total. The van der Waals surface area contributed by atoms with E-state index in [1.54, 1.807) is 24.3 Å². The zero-order valence-electron chi connectivity index (χ0n) is 29.4. The molecule has 0 saturated carbocycles. The minimum absolute atomic E-state index is 0. The van der Waals surface area contributed by atoms with Gasteiger partial charge in [0.25, 0.3) is 0 Å². The largest absolute Gasteiger partial charge is 6.00 e. The molecule has 0 heterocycles. The van der Waals surface area contributed by atoms with E-state index < -0.39 is 15.6 Å². The molecule has 0 radical (unpaired) electrons. The van der Waals surface area contributed by atoms with E-state index in [1.165, 1.54) is 24.3 Å².